The number of piperazine rings is 1. The number of carbonyl (C=O) groups excluding carboxylic acids is 1. The van der Waals surface area contributed by atoms with Crippen LogP contribution >= 0.6 is 12.2 Å². The number of hydrogen-bond donors (Lipinski definition) is 1. The molecule has 0 spiro atoms. The molecule has 0 amide bonds. The lowest BCUT2D eigenvalue weighted by molar-refractivity contribution is -0.364. The average molecular weight is 418 g/mol. The fraction of sp³-hybridized carbons (Fsp3) is 0.350. The third-order valence-corrected chi connectivity index (χ3v) is 5.13. The van der Waals surface area contributed by atoms with Gasteiger partial charge >= 0.3 is 5.97 Å². The molecular formula is C20H25N4O4S+. The molecule has 9 heteroatoms. The molecule has 0 aliphatic carbocycles. The van der Waals surface area contributed by atoms with E-state index < -0.39 is 5.97 Å². The number of esters is 1. The van der Waals surface area contributed by atoms with Gasteiger partial charge in [0, 0.05) is 18.2 Å². The van der Waals surface area contributed by atoms with Crippen molar-refractivity contribution in [1.29, 1.82) is 0 Å². The number of anilines is 2. The Morgan fingerprint density at radius 1 is 1.07 bits per heavy atom. The standard InChI is InChI=1S/C20H24N4O4S/c1-26-16-12-14(19(25)28-3)15(13-17(16)27-2)22-20(29)24-10-8-23(9-11-24)18-6-4-5-7-21-18/h4-7,12-13H,8-11H2,1-3H3,(H,22,29)/p+1. The van der Waals surface area contributed by atoms with Crippen LogP contribution in [0.15, 0.2) is 36.5 Å². The molecule has 1 fully saturated rings. The zero-order valence-electron chi connectivity index (χ0n) is 16.7. The highest BCUT2D eigenvalue weighted by molar-refractivity contribution is 7.80. The Balaban J connectivity index is 1.72. The topological polar surface area (TPSA) is 77.4 Å². The monoisotopic (exact) mass is 417 g/mol. The first-order valence-corrected chi connectivity index (χ1v) is 9.60. The highest BCUT2D eigenvalue weighted by Crippen LogP contribution is 2.34. The molecule has 1 aliphatic heterocycles. The summed E-state index contributed by atoms with van der Waals surface area (Å²) in [5.41, 5.74) is 0.836. The van der Waals surface area contributed by atoms with E-state index in [1.807, 2.05) is 18.3 Å². The normalized spacial score (nSPS) is 13.6. The molecule has 0 bridgehead atoms. The number of H-pyrrole nitrogens is 1. The van der Waals surface area contributed by atoms with E-state index in [-0.39, 0.29) is 0 Å². The van der Waals surface area contributed by atoms with Crippen molar-refractivity contribution in [2.45, 2.75) is 0 Å². The Bertz CT molecular complexity index is 870. The van der Waals surface area contributed by atoms with Gasteiger partial charge in [-0.3, -0.25) is 4.90 Å². The van der Waals surface area contributed by atoms with Crippen LogP contribution in [0.5, 0.6) is 11.5 Å². The lowest BCUT2D eigenvalue weighted by Gasteiger charge is -2.33. The molecule has 1 aromatic carbocycles. The second-order valence-electron chi connectivity index (χ2n) is 6.40. The molecule has 8 nitrogen and oxygen atoms in total. The van der Waals surface area contributed by atoms with Crippen molar-refractivity contribution in [1.82, 2.24) is 4.90 Å². The van der Waals surface area contributed by atoms with Crippen LogP contribution in [0.3, 0.4) is 0 Å². The summed E-state index contributed by atoms with van der Waals surface area (Å²) in [6.45, 7) is 3.18. The number of thiocarbonyl (C=S) groups is 1. The van der Waals surface area contributed by atoms with Crippen molar-refractivity contribution in [3.05, 3.63) is 42.1 Å². The van der Waals surface area contributed by atoms with Gasteiger partial charge in [0.1, 0.15) is 13.1 Å². The Morgan fingerprint density at radius 2 is 1.76 bits per heavy atom. The lowest BCUT2D eigenvalue weighted by Crippen LogP contribution is -2.51. The second kappa shape index (κ2) is 9.42. The number of pyridine rings is 1. The molecule has 2 aromatic rings. The van der Waals surface area contributed by atoms with Crippen LogP contribution in [0.2, 0.25) is 0 Å². The van der Waals surface area contributed by atoms with Crippen LogP contribution in [0.1, 0.15) is 10.4 Å². The first-order chi connectivity index (χ1) is 14.1. The maximum atomic E-state index is 12.2. The molecule has 0 radical (unpaired) electrons. The smallest absolute Gasteiger partial charge is 0.340 e. The van der Waals surface area contributed by atoms with E-state index >= 15 is 0 Å². The summed E-state index contributed by atoms with van der Waals surface area (Å²) in [4.78, 5) is 19.8. The van der Waals surface area contributed by atoms with Crippen LogP contribution in [0.25, 0.3) is 0 Å². The van der Waals surface area contributed by atoms with Gasteiger partial charge in [0.05, 0.1) is 51.9 Å². The molecule has 1 aliphatic rings. The molecule has 0 unspecified atom stereocenters. The highest BCUT2D eigenvalue weighted by Gasteiger charge is 2.26. The van der Waals surface area contributed by atoms with Gasteiger partial charge in [-0.25, -0.2) is 9.78 Å². The van der Waals surface area contributed by atoms with Crippen LogP contribution in [0, 0.1) is 0 Å². The molecule has 2 heterocycles. The number of nitrogens with zero attached hydrogens (tertiary/aromatic N) is 2. The van der Waals surface area contributed by atoms with E-state index in [2.05, 4.69) is 26.2 Å². The van der Waals surface area contributed by atoms with Crippen molar-refractivity contribution < 1.29 is 24.0 Å². The summed E-state index contributed by atoms with van der Waals surface area (Å²) in [5.74, 6) is 1.53. The number of nitrogens with one attached hydrogen (secondary N) is 2. The number of carbonyl (C=O) groups is 1. The Labute approximate surface area is 175 Å². The second-order valence-corrected chi connectivity index (χ2v) is 6.78. The minimum absolute atomic E-state index is 0.324. The number of aromatic nitrogens is 1. The molecule has 29 heavy (non-hydrogen) atoms. The van der Waals surface area contributed by atoms with Crippen molar-refractivity contribution in [3.63, 3.8) is 0 Å². The van der Waals surface area contributed by atoms with Crippen LogP contribution in [-0.4, -0.2) is 63.5 Å². The number of ether oxygens (including phenoxy) is 3. The van der Waals surface area contributed by atoms with E-state index in [4.69, 9.17) is 26.4 Å². The number of hydrogen-bond acceptors (Lipinski definition) is 6. The summed E-state index contributed by atoms with van der Waals surface area (Å²) < 4.78 is 15.5. The fourth-order valence-electron chi connectivity index (χ4n) is 3.19. The van der Waals surface area contributed by atoms with Gasteiger partial charge in [0.2, 0.25) is 0 Å². The van der Waals surface area contributed by atoms with E-state index in [0.29, 0.717) is 27.9 Å². The number of benzene rings is 1. The first kappa shape index (κ1) is 20.7. The summed E-state index contributed by atoms with van der Waals surface area (Å²) in [6, 6.07) is 9.29. The van der Waals surface area contributed by atoms with Crippen molar-refractivity contribution in [3.8, 4) is 11.5 Å². The van der Waals surface area contributed by atoms with Gasteiger partial charge in [-0.15, -0.1) is 0 Å². The van der Waals surface area contributed by atoms with Gasteiger partial charge in [-0.05, 0) is 18.3 Å². The van der Waals surface area contributed by atoms with Gasteiger partial charge in [0.25, 0.3) is 5.82 Å². The van der Waals surface area contributed by atoms with Crippen molar-refractivity contribution in [2.24, 2.45) is 0 Å². The number of rotatable bonds is 5. The molecular weight excluding hydrogens is 392 g/mol. The van der Waals surface area contributed by atoms with E-state index in [0.717, 1.165) is 32.0 Å². The quantitative estimate of drug-likeness (QED) is 0.583. The zero-order chi connectivity index (χ0) is 20.8. The molecule has 2 N–H and O–H groups in total. The summed E-state index contributed by atoms with van der Waals surface area (Å²) in [5, 5.41) is 3.71. The van der Waals surface area contributed by atoms with E-state index in [9.17, 15) is 4.79 Å². The largest absolute Gasteiger partial charge is 0.493 e. The SMILES string of the molecule is COC(=O)c1cc(OC)c(OC)cc1NC(=S)N1CCN(c2cccc[nH+]2)CC1. The predicted octanol–water partition coefficient (Wildman–Crippen LogP) is 1.82. The molecule has 0 saturated carbocycles. The fourth-order valence-corrected chi connectivity index (χ4v) is 3.48. The van der Waals surface area contributed by atoms with Crippen LogP contribution in [0.4, 0.5) is 11.5 Å². The number of methoxy groups -OCH3 is 3. The highest BCUT2D eigenvalue weighted by atomic mass is 32.1. The van der Waals surface area contributed by atoms with Gasteiger partial charge < -0.3 is 24.4 Å². The minimum Gasteiger partial charge on any atom is -0.493 e. The molecule has 1 saturated heterocycles. The van der Waals surface area contributed by atoms with Gasteiger partial charge in [0.15, 0.2) is 16.6 Å². The Kier molecular flexibility index (Phi) is 6.71. The molecule has 154 valence electrons. The molecule has 1 aromatic heterocycles. The molecule has 0 atom stereocenters. The van der Waals surface area contributed by atoms with Crippen LogP contribution in [-0.2, 0) is 4.74 Å². The predicted molar refractivity (Wildman–Crippen MR) is 114 cm³/mol. The summed E-state index contributed by atoms with van der Waals surface area (Å²) >= 11 is 5.60. The average Bonchev–Trinajstić information content (AvgIpc) is 2.78. The summed E-state index contributed by atoms with van der Waals surface area (Å²) in [7, 11) is 4.39. The van der Waals surface area contributed by atoms with E-state index in [1.165, 1.54) is 21.3 Å². The third-order valence-electron chi connectivity index (χ3n) is 4.77. The third kappa shape index (κ3) is 4.68. The molecule has 3 rings (SSSR count). The summed E-state index contributed by atoms with van der Waals surface area (Å²) in [6.07, 6.45) is 1.92. The maximum Gasteiger partial charge on any atom is 0.340 e. The van der Waals surface area contributed by atoms with Gasteiger partial charge in [-0.2, -0.15) is 0 Å². The minimum atomic E-state index is -0.485. The zero-order valence-corrected chi connectivity index (χ0v) is 17.5. The lowest BCUT2D eigenvalue weighted by atomic mass is 10.1. The Hall–Kier alpha value is -3.07. The van der Waals surface area contributed by atoms with Crippen molar-refractivity contribution in [2.75, 3.05) is 57.7 Å². The maximum absolute atomic E-state index is 12.2. The Morgan fingerprint density at radius 3 is 2.34 bits per heavy atom. The van der Waals surface area contributed by atoms with Crippen molar-refractivity contribution >= 4 is 34.8 Å². The van der Waals surface area contributed by atoms with E-state index in [1.54, 1.807) is 12.1 Å². The number of aromatic amines is 1. The van der Waals surface area contributed by atoms with Gasteiger partial charge in [-0.1, -0.05) is 6.07 Å². The first-order valence-electron chi connectivity index (χ1n) is 9.19. The van der Waals surface area contributed by atoms with Crippen LogP contribution < -0.4 is 24.7 Å².